The number of likely N-dealkylation sites (tertiary alicyclic amines) is 1. The van der Waals surface area contributed by atoms with E-state index in [0.29, 0.717) is 11.5 Å². The molecule has 0 spiro atoms. The van der Waals surface area contributed by atoms with Crippen LogP contribution in [0, 0.1) is 5.92 Å². The Morgan fingerprint density at radius 2 is 1.72 bits per heavy atom. The molecule has 1 aliphatic heterocycles. The van der Waals surface area contributed by atoms with E-state index in [-0.39, 0.29) is 29.8 Å². The highest BCUT2D eigenvalue weighted by Gasteiger charge is 2.30. The van der Waals surface area contributed by atoms with Crippen LogP contribution in [-0.2, 0) is 4.79 Å². The van der Waals surface area contributed by atoms with Gasteiger partial charge in [0.25, 0.3) is 5.91 Å². The van der Waals surface area contributed by atoms with Gasteiger partial charge in [0, 0.05) is 36.8 Å². The molecule has 1 N–H and O–H groups in total. The van der Waals surface area contributed by atoms with Crippen LogP contribution in [0.25, 0.3) is 11.0 Å². The summed E-state index contributed by atoms with van der Waals surface area (Å²) >= 11 is 0. The van der Waals surface area contributed by atoms with Crippen LogP contribution in [0.15, 0.2) is 12.3 Å². The smallest absolute Gasteiger partial charge is 0.252 e. The molecule has 0 radical (unpaired) electrons. The highest BCUT2D eigenvalue weighted by atomic mass is 16.2. The summed E-state index contributed by atoms with van der Waals surface area (Å²) < 4.78 is 1.88. The zero-order valence-electron chi connectivity index (χ0n) is 19.9. The Morgan fingerprint density at radius 3 is 2.34 bits per heavy atom. The first kappa shape index (κ1) is 22.7. The molecule has 2 aromatic heterocycles. The summed E-state index contributed by atoms with van der Waals surface area (Å²) in [6.07, 6.45) is 9.05. The highest BCUT2D eigenvalue weighted by molar-refractivity contribution is 6.05. The fraction of sp³-hybridized carbons (Fsp3) is 0.680. The van der Waals surface area contributed by atoms with Crippen molar-refractivity contribution in [3.05, 3.63) is 23.5 Å². The Bertz CT molecular complexity index is 966. The van der Waals surface area contributed by atoms with E-state index in [9.17, 15) is 9.59 Å². The lowest BCUT2D eigenvalue weighted by molar-refractivity contribution is -0.137. The van der Waals surface area contributed by atoms with Gasteiger partial charge in [0.2, 0.25) is 5.91 Å². The van der Waals surface area contributed by atoms with Crippen molar-refractivity contribution < 1.29 is 9.59 Å². The second kappa shape index (κ2) is 9.59. The van der Waals surface area contributed by atoms with Gasteiger partial charge in [0.15, 0.2) is 5.65 Å². The molecule has 32 heavy (non-hydrogen) atoms. The number of carbonyl (C=O) groups is 2. The normalized spacial score (nSPS) is 18.6. The lowest BCUT2D eigenvalue weighted by Crippen LogP contribution is -2.48. The molecule has 2 aliphatic rings. The standard InChI is InChI=1S/C25H37N5O2/c1-16(2)22-14-20(21-15-26-30(17(3)4)23(21)28-22)24(31)27-19-10-12-29(13-11-19)25(32)18-8-6-5-7-9-18/h14-19H,5-13H2,1-4H3,(H,27,31). The molecule has 174 valence electrons. The number of amides is 2. The quantitative estimate of drug-likeness (QED) is 0.747. The zero-order chi connectivity index (χ0) is 22.8. The van der Waals surface area contributed by atoms with Gasteiger partial charge in [0.1, 0.15) is 0 Å². The predicted octanol–water partition coefficient (Wildman–Crippen LogP) is 4.44. The number of aromatic nitrogens is 3. The largest absolute Gasteiger partial charge is 0.349 e. The van der Waals surface area contributed by atoms with E-state index in [0.717, 1.165) is 55.5 Å². The molecule has 7 nitrogen and oxygen atoms in total. The summed E-state index contributed by atoms with van der Waals surface area (Å²) in [6, 6.07) is 2.17. The molecule has 2 amide bonds. The second-order valence-electron chi connectivity index (χ2n) is 10.1. The second-order valence-corrected chi connectivity index (χ2v) is 10.1. The SMILES string of the molecule is CC(C)c1cc(C(=O)NC2CCN(C(=O)C3CCCCC3)CC2)c2cnn(C(C)C)c2n1. The summed E-state index contributed by atoms with van der Waals surface area (Å²) in [5.74, 6) is 0.690. The van der Waals surface area contributed by atoms with Crippen molar-refractivity contribution in [2.75, 3.05) is 13.1 Å². The van der Waals surface area contributed by atoms with Crippen LogP contribution in [0.4, 0.5) is 0 Å². The first-order valence-electron chi connectivity index (χ1n) is 12.3. The summed E-state index contributed by atoms with van der Waals surface area (Å²) in [4.78, 5) is 32.9. The molecule has 0 aromatic carbocycles. The van der Waals surface area contributed by atoms with E-state index < -0.39 is 0 Å². The van der Waals surface area contributed by atoms with Gasteiger partial charge in [0.05, 0.1) is 17.1 Å². The molecule has 2 aromatic rings. The van der Waals surface area contributed by atoms with Gasteiger partial charge in [-0.1, -0.05) is 33.1 Å². The number of carbonyl (C=O) groups excluding carboxylic acids is 2. The number of hydrogen-bond acceptors (Lipinski definition) is 4. The zero-order valence-corrected chi connectivity index (χ0v) is 19.9. The monoisotopic (exact) mass is 439 g/mol. The summed E-state index contributed by atoms with van der Waals surface area (Å²) in [5, 5.41) is 8.51. The highest BCUT2D eigenvalue weighted by Crippen LogP contribution is 2.27. The van der Waals surface area contributed by atoms with Gasteiger partial charge in [-0.3, -0.25) is 9.59 Å². The van der Waals surface area contributed by atoms with Gasteiger partial charge in [-0.05, 0) is 51.5 Å². The minimum Gasteiger partial charge on any atom is -0.349 e. The van der Waals surface area contributed by atoms with E-state index in [1.807, 2.05) is 15.6 Å². The van der Waals surface area contributed by atoms with Crippen molar-refractivity contribution in [2.45, 2.75) is 90.6 Å². The van der Waals surface area contributed by atoms with Crippen LogP contribution in [0.3, 0.4) is 0 Å². The molecule has 7 heteroatoms. The van der Waals surface area contributed by atoms with Gasteiger partial charge in [-0.15, -0.1) is 0 Å². The van der Waals surface area contributed by atoms with E-state index in [4.69, 9.17) is 4.98 Å². The molecule has 1 aliphatic carbocycles. The third-order valence-electron chi connectivity index (χ3n) is 7.01. The number of nitrogens with one attached hydrogen (secondary N) is 1. The van der Waals surface area contributed by atoms with E-state index in [2.05, 4.69) is 38.1 Å². The summed E-state index contributed by atoms with van der Waals surface area (Å²) in [5.41, 5.74) is 2.31. The van der Waals surface area contributed by atoms with Crippen molar-refractivity contribution in [1.29, 1.82) is 0 Å². The lowest BCUT2D eigenvalue weighted by Gasteiger charge is -2.35. The average molecular weight is 440 g/mol. The number of nitrogens with zero attached hydrogens (tertiary/aromatic N) is 4. The molecular weight excluding hydrogens is 402 g/mol. The Kier molecular flexibility index (Phi) is 6.82. The van der Waals surface area contributed by atoms with E-state index in [1.165, 1.54) is 19.3 Å². The van der Waals surface area contributed by atoms with Crippen LogP contribution < -0.4 is 5.32 Å². The first-order chi connectivity index (χ1) is 15.3. The molecular formula is C25H37N5O2. The van der Waals surface area contributed by atoms with Crippen LogP contribution in [0.1, 0.15) is 101 Å². The minimum absolute atomic E-state index is 0.0698. The van der Waals surface area contributed by atoms with Crippen molar-refractivity contribution in [1.82, 2.24) is 25.0 Å². The van der Waals surface area contributed by atoms with Crippen LogP contribution in [-0.4, -0.2) is 50.6 Å². The van der Waals surface area contributed by atoms with Crippen molar-refractivity contribution in [3.8, 4) is 0 Å². The number of fused-ring (bicyclic) bond motifs is 1. The number of pyridine rings is 1. The molecule has 1 saturated heterocycles. The Hall–Kier alpha value is -2.44. The van der Waals surface area contributed by atoms with Gasteiger partial charge in [-0.25, -0.2) is 9.67 Å². The predicted molar refractivity (Wildman–Crippen MR) is 126 cm³/mol. The Balaban J connectivity index is 1.45. The third kappa shape index (κ3) is 4.66. The van der Waals surface area contributed by atoms with Crippen LogP contribution >= 0.6 is 0 Å². The maximum Gasteiger partial charge on any atom is 0.252 e. The molecule has 2 fully saturated rings. The number of hydrogen-bond donors (Lipinski definition) is 1. The van der Waals surface area contributed by atoms with Gasteiger partial charge >= 0.3 is 0 Å². The third-order valence-corrected chi connectivity index (χ3v) is 7.01. The number of piperidine rings is 1. The van der Waals surface area contributed by atoms with Gasteiger partial charge in [-0.2, -0.15) is 5.10 Å². The molecule has 0 atom stereocenters. The van der Waals surface area contributed by atoms with Crippen molar-refractivity contribution >= 4 is 22.8 Å². The maximum atomic E-state index is 13.3. The Labute approximate surface area is 190 Å². The molecule has 4 rings (SSSR count). The van der Waals surface area contributed by atoms with E-state index in [1.54, 1.807) is 6.20 Å². The minimum atomic E-state index is -0.0698. The first-order valence-corrected chi connectivity index (χ1v) is 12.3. The van der Waals surface area contributed by atoms with Crippen molar-refractivity contribution in [2.24, 2.45) is 5.92 Å². The molecule has 3 heterocycles. The fourth-order valence-corrected chi connectivity index (χ4v) is 5.01. The van der Waals surface area contributed by atoms with E-state index >= 15 is 0 Å². The molecule has 0 bridgehead atoms. The summed E-state index contributed by atoms with van der Waals surface area (Å²) in [6.45, 7) is 9.77. The fourth-order valence-electron chi connectivity index (χ4n) is 5.01. The Morgan fingerprint density at radius 1 is 1.03 bits per heavy atom. The molecule has 1 saturated carbocycles. The molecule has 0 unspecified atom stereocenters. The van der Waals surface area contributed by atoms with Crippen LogP contribution in [0.5, 0.6) is 0 Å². The number of rotatable bonds is 5. The maximum absolute atomic E-state index is 13.3. The topological polar surface area (TPSA) is 80.1 Å². The van der Waals surface area contributed by atoms with Crippen LogP contribution in [0.2, 0.25) is 0 Å². The lowest BCUT2D eigenvalue weighted by atomic mass is 9.87. The average Bonchev–Trinajstić information content (AvgIpc) is 3.23. The van der Waals surface area contributed by atoms with Gasteiger partial charge < -0.3 is 10.2 Å². The summed E-state index contributed by atoms with van der Waals surface area (Å²) in [7, 11) is 0. The van der Waals surface area contributed by atoms with Crippen molar-refractivity contribution in [3.63, 3.8) is 0 Å².